The third kappa shape index (κ3) is 3.81. The third-order valence-corrected chi connectivity index (χ3v) is 1.87. The number of amides is 1. The smallest absolute Gasteiger partial charge is 0.246 e. The topological polar surface area (TPSA) is 53.5 Å². The Kier molecular flexibility index (Phi) is 4.34. The molecule has 1 amide bonds. The first-order valence-electron chi connectivity index (χ1n) is 4.78. The van der Waals surface area contributed by atoms with Gasteiger partial charge in [0.1, 0.15) is 6.54 Å². The summed E-state index contributed by atoms with van der Waals surface area (Å²) in [6, 6.07) is 7.50. The molecule has 4 nitrogen and oxygen atoms in total. The van der Waals surface area contributed by atoms with Crippen LogP contribution in [-0.2, 0) is 4.79 Å². The monoisotopic (exact) mass is 205 g/mol. The predicted octanol–water partition coefficient (Wildman–Crippen LogP) is 1.76. The van der Waals surface area contributed by atoms with Crippen LogP contribution in [0.4, 0.5) is 11.4 Å². The first-order chi connectivity index (χ1) is 7.26. The van der Waals surface area contributed by atoms with Crippen molar-refractivity contribution in [3.8, 4) is 0 Å². The van der Waals surface area contributed by atoms with Crippen molar-refractivity contribution < 1.29 is 4.79 Å². The van der Waals surface area contributed by atoms with Crippen molar-refractivity contribution in [2.24, 2.45) is 4.99 Å². The lowest BCUT2D eigenvalue weighted by molar-refractivity contribution is -0.114. The van der Waals surface area contributed by atoms with Crippen molar-refractivity contribution in [3.63, 3.8) is 0 Å². The molecule has 0 fully saturated rings. The van der Waals surface area contributed by atoms with Gasteiger partial charge in [-0.1, -0.05) is 0 Å². The van der Waals surface area contributed by atoms with Gasteiger partial charge in [-0.25, -0.2) is 0 Å². The highest BCUT2D eigenvalue weighted by Gasteiger charge is 1.99. The number of anilines is 2. The van der Waals surface area contributed by atoms with Crippen LogP contribution in [0.25, 0.3) is 0 Å². The molecular weight excluding hydrogens is 190 g/mol. The number of carbonyl (C=O) groups is 1. The largest absolute Gasteiger partial charge is 0.388 e. The number of hydrogen-bond donors (Lipinski definition) is 2. The number of rotatable bonds is 4. The zero-order valence-corrected chi connectivity index (χ0v) is 8.95. The summed E-state index contributed by atoms with van der Waals surface area (Å²) in [5.41, 5.74) is 1.80. The van der Waals surface area contributed by atoms with Gasteiger partial charge in [0, 0.05) is 18.4 Å². The van der Waals surface area contributed by atoms with E-state index in [0.29, 0.717) is 0 Å². The van der Waals surface area contributed by atoms with Gasteiger partial charge in [0.2, 0.25) is 5.91 Å². The van der Waals surface area contributed by atoms with E-state index >= 15 is 0 Å². The Labute approximate surface area is 89.4 Å². The Hall–Kier alpha value is -1.84. The first kappa shape index (κ1) is 11.2. The van der Waals surface area contributed by atoms with Crippen LogP contribution in [0.15, 0.2) is 29.3 Å². The highest BCUT2D eigenvalue weighted by Crippen LogP contribution is 2.12. The second kappa shape index (κ2) is 5.80. The molecular formula is C11H15N3O. The molecule has 0 bridgehead atoms. The molecule has 0 radical (unpaired) electrons. The Morgan fingerprint density at radius 2 is 1.93 bits per heavy atom. The molecule has 0 unspecified atom stereocenters. The van der Waals surface area contributed by atoms with Crippen molar-refractivity contribution in [1.29, 1.82) is 0 Å². The fourth-order valence-corrected chi connectivity index (χ4v) is 1.09. The van der Waals surface area contributed by atoms with E-state index in [4.69, 9.17) is 0 Å². The van der Waals surface area contributed by atoms with Gasteiger partial charge in [-0.15, -0.1) is 0 Å². The SMILES string of the molecule is CC=NCC(=O)Nc1ccc(NC)cc1. The van der Waals surface area contributed by atoms with Gasteiger partial charge in [-0.2, -0.15) is 0 Å². The molecule has 0 aromatic heterocycles. The summed E-state index contributed by atoms with van der Waals surface area (Å²) in [4.78, 5) is 15.1. The van der Waals surface area contributed by atoms with Gasteiger partial charge in [0.25, 0.3) is 0 Å². The summed E-state index contributed by atoms with van der Waals surface area (Å²) in [5, 5.41) is 5.75. The second-order valence-electron chi connectivity index (χ2n) is 2.97. The van der Waals surface area contributed by atoms with Crippen LogP contribution in [0.5, 0.6) is 0 Å². The molecule has 2 N–H and O–H groups in total. The minimum atomic E-state index is -0.106. The van der Waals surface area contributed by atoms with Gasteiger partial charge in [0.15, 0.2) is 0 Å². The third-order valence-electron chi connectivity index (χ3n) is 1.87. The van der Waals surface area contributed by atoms with E-state index in [9.17, 15) is 4.79 Å². The molecule has 4 heteroatoms. The van der Waals surface area contributed by atoms with Crippen LogP contribution < -0.4 is 10.6 Å². The molecule has 15 heavy (non-hydrogen) atoms. The van der Waals surface area contributed by atoms with E-state index in [2.05, 4.69) is 15.6 Å². The summed E-state index contributed by atoms with van der Waals surface area (Å²) < 4.78 is 0. The number of carbonyl (C=O) groups excluding carboxylic acids is 1. The van der Waals surface area contributed by atoms with E-state index < -0.39 is 0 Å². The molecule has 0 heterocycles. The fourth-order valence-electron chi connectivity index (χ4n) is 1.09. The van der Waals surface area contributed by atoms with Gasteiger partial charge in [-0.05, 0) is 37.4 Å². The molecule has 0 aliphatic rings. The van der Waals surface area contributed by atoms with Crippen LogP contribution in [0.2, 0.25) is 0 Å². The maximum absolute atomic E-state index is 11.3. The summed E-state index contributed by atoms with van der Waals surface area (Å²) in [5.74, 6) is -0.106. The van der Waals surface area contributed by atoms with Crippen LogP contribution in [0.1, 0.15) is 6.92 Å². The minimum absolute atomic E-state index is 0.106. The van der Waals surface area contributed by atoms with E-state index in [0.717, 1.165) is 11.4 Å². The lowest BCUT2D eigenvalue weighted by Gasteiger charge is -2.04. The average Bonchev–Trinajstić information content (AvgIpc) is 2.27. The lowest BCUT2D eigenvalue weighted by atomic mass is 10.3. The Morgan fingerprint density at radius 3 is 2.47 bits per heavy atom. The molecule has 0 saturated heterocycles. The summed E-state index contributed by atoms with van der Waals surface area (Å²) >= 11 is 0. The minimum Gasteiger partial charge on any atom is -0.388 e. The van der Waals surface area contributed by atoms with E-state index in [1.807, 2.05) is 31.3 Å². The number of nitrogens with one attached hydrogen (secondary N) is 2. The fraction of sp³-hybridized carbons (Fsp3) is 0.273. The molecule has 1 aromatic rings. The predicted molar refractivity (Wildman–Crippen MR) is 63.7 cm³/mol. The molecule has 80 valence electrons. The van der Waals surface area contributed by atoms with Crippen LogP contribution in [0.3, 0.4) is 0 Å². The molecule has 1 aromatic carbocycles. The number of benzene rings is 1. The quantitative estimate of drug-likeness (QED) is 0.736. The summed E-state index contributed by atoms with van der Waals surface area (Å²) in [6.07, 6.45) is 1.61. The van der Waals surface area contributed by atoms with Crippen molar-refractivity contribution in [3.05, 3.63) is 24.3 Å². The van der Waals surface area contributed by atoms with E-state index in [-0.39, 0.29) is 12.5 Å². The molecule has 0 atom stereocenters. The molecule has 0 aliphatic heterocycles. The summed E-state index contributed by atoms with van der Waals surface area (Å²) in [6.45, 7) is 1.96. The average molecular weight is 205 g/mol. The molecule has 0 spiro atoms. The van der Waals surface area contributed by atoms with Gasteiger partial charge in [0.05, 0.1) is 0 Å². The van der Waals surface area contributed by atoms with Gasteiger partial charge < -0.3 is 10.6 Å². The number of aliphatic imine (C=N–C) groups is 1. The zero-order chi connectivity index (χ0) is 11.1. The first-order valence-corrected chi connectivity index (χ1v) is 4.78. The second-order valence-corrected chi connectivity index (χ2v) is 2.97. The highest BCUT2D eigenvalue weighted by atomic mass is 16.1. The van der Waals surface area contributed by atoms with Crippen molar-refractivity contribution in [2.75, 3.05) is 24.2 Å². The van der Waals surface area contributed by atoms with Crippen molar-refractivity contribution >= 4 is 23.5 Å². The Balaban J connectivity index is 2.53. The number of hydrogen-bond acceptors (Lipinski definition) is 3. The van der Waals surface area contributed by atoms with Crippen molar-refractivity contribution in [2.45, 2.75) is 6.92 Å². The van der Waals surface area contributed by atoms with Gasteiger partial charge in [-0.3, -0.25) is 9.79 Å². The zero-order valence-electron chi connectivity index (χ0n) is 8.95. The molecule has 0 aliphatic carbocycles. The molecule has 0 saturated carbocycles. The lowest BCUT2D eigenvalue weighted by Crippen LogP contribution is -2.14. The van der Waals surface area contributed by atoms with E-state index in [1.165, 1.54) is 0 Å². The Morgan fingerprint density at radius 1 is 1.33 bits per heavy atom. The van der Waals surface area contributed by atoms with Crippen LogP contribution in [-0.4, -0.2) is 25.7 Å². The summed E-state index contributed by atoms with van der Waals surface area (Å²) in [7, 11) is 1.85. The standard InChI is InChI=1S/C11H15N3O/c1-3-13-8-11(15)14-10-6-4-9(12-2)5-7-10/h3-7,12H,8H2,1-2H3,(H,14,15). The van der Waals surface area contributed by atoms with Crippen LogP contribution in [0, 0.1) is 0 Å². The Bertz CT molecular complexity index is 343. The molecule has 1 rings (SSSR count). The normalized spacial score (nSPS) is 10.3. The maximum Gasteiger partial charge on any atom is 0.246 e. The van der Waals surface area contributed by atoms with Gasteiger partial charge >= 0.3 is 0 Å². The van der Waals surface area contributed by atoms with E-state index in [1.54, 1.807) is 13.1 Å². The number of nitrogens with zero attached hydrogens (tertiary/aromatic N) is 1. The van der Waals surface area contributed by atoms with Crippen molar-refractivity contribution in [1.82, 2.24) is 0 Å². The van der Waals surface area contributed by atoms with Crippen LogP contribution >= 0.6 is 0 Å². The highest BCUT2D eigenvalue weighted by molar-refractivity contribution is 5.93. The maximum atomic E-state index is 11.3.